The third-order valence-electron chi connectivity index (χ3n) is 3.68. The van der Waals surface area contributed by atoms with Crippen LogP contribution >= 0.6 is 0 Å². The molecule has 0 aliphatic carbocycles. The molecule has 1 aliphatic heterocycles. The van der Waals surface area contributed by atoms with Crippen molar-refractivity contribution in [1.82, 2.24) is 14.3 Å². The largest absolute Gasteiger partial charge is 0.478 e. The van der Waals surface area contributed by atoms with Gasteiger partial charge in [0.1, 0.15) is 5.56 Å². The molecule has 1 saturated heterocycles. The molecule has 0 amide bonds. The van der Waals surface area contributed by atoms with Crippen LogP contribution in [0.1, 0.15) is 35.3 Å². The number of fused-ring (bicyclic) bond motifs is 1. The molecule has 0 aromatic carbocycles. The topological polar surface area (TPSA) is 57.8 Å². The summed E-state index contributed by atoms with van der Waals surface area (Å²) in [6.07, 6.45) is 7.48. The first-order valence-corrected chi connectivity index (χ1v) is 6.66. The van der Waals surface area contributed by atoms with Crippen LogP contribution in [0.2, 0.25) is 0 Å². The van der Waals surface area contributed by atoms with Crippen LogP contribution in [0.4, 0.5) is 0 Å². The molecule has 5 nitrogen and oxygen atoms in total. The van der Waals surface area contributed by atoms with E-state index in [1.165, 1.54) is 19.3 Å². The summed E-state index contributed by atoms with van der Waals surface area (Å²) in [5, 5.41) is 9.15. The van der Waals surface area contributed by atoms with Gasteiger partial charge in [-0.15, -0.1) is 0 Å². The molecule has 5 heteroatoms. The molecule has 0 radical (unpaired) electrons. The maximum atomic E-state index is 11.2. The number of carboxylic acid groups (broad SMARTS) is 1. The van der Waals surface area contributed by atoms with Gasteiger partial charge in [0, 0.05) is 12.7 Å². The second-order valence-corrected chi connectivity index (χ2v) is 5.01. The number of hydrogen-bond donors (Lipinski definition) is 1. The van der Waals surface area contributed by atoms with Gasteiger partial charge in [-0.1, -0.05) is 6.42 Å². The molecule has 1 aliphatic rings. The van der Waals surface area contributed by atoms with Crippen LogP contribution in [-0.2, 0) is 6.54 Å². The highest BCUT2D eigenvalue weighted by molar-refractivity contribution is 5.94. The molecule has 1 fully saturated rings. The van der Waals surface area contributed by atoms with E-state index in [0.717, 1.165) is 25.3 Å². The Morgan fingerprint density at radius 1 is 1.32 bits per heavy atom. The molecule has 19 heavy (non-hydrogen) atoms. The summed E-state index contributed by atoms with van der Waals surface area (Å²) in [7, 11) is 0. The van der Waals surface area contributed by atoms with Gasteiger partial charge in [-0.05, 0) is 38.1 Å². The summed E-state index contributed by atoms with van der Waals surface area (Å²) in [5.74, 6) is -0.930. The van der Waals surface area contributed by atoms with Crippen molar-refractivity contribution < 1.29 is 9.90 Å². The second-order valence-electron chi connectivity index (χ2n) is 5.01. The third-order valence-corrected chi connectivity index (χ3v) is 3.68. The van der Waals surface area contributed by atoms with E-state index in [4.69, 9.17) is 5.11 Å². The maximum absolute atomic E-state index is 11.2. The number of aromatic nitrogens is 2. The predicted molar refractivity (Wildman–Crippen MR) is 71.3 cm³/mol. The average molecular weight is 259 g/mol. The molecule has 3 rings (SSSR count). The Kier molecular flexibility index (Phi) is 3.21. The van der Waals surface area contributed by atoms with Gasteiger partial charge in [-0.25, -0.2) is 9.78 Å². The number of pyridine rings is 1. The van der Waals surface area contributed by atoms with Crippen molar-refractivity contribution in [2.24, 2.45) is 0 Å². The van der Waals surface area contributed by atoms with Crippen LogP contribution < -0.4 is 0 Å². The number of carboxylic acids is 1. The first-order valence-electron chi connectivity index (χ1n) is 6.66. The van der Waals surface area contributed by atoms with Crippen LogP contribution in [0, 0.1) is 0 Å². The Morgan fingerprint density at radius 2 is 2.11 bits per heavy atom. The second kappa shape index (κ2) is 5.01. The Labute approximate surface area is 111 Å². The lowest BCUT2D eigenvalue weighted by Crippen LogP contribution is -2.29. The number of hydrogen-bond acceptors (Lipinski definition) is 3. The normalized spacial score (nSPS) is 16.8. The number of nitrogens with zero attached hydrogens (tertiary/aromatic N) is 3. The molecule has 1 N–H and O–H groups in total. The predicted octanol–water partition coefficient (Wildman–Crippen LogP) is 2.02. The van der Waals surface area contributed by atoms with Crippen molar-refractivity contribution in [3.05, 3.63) is 35.8 Å². The van der Waals surface area contributed by atoms with E-state index in [9.17, 15) is 4.79 Å². The van der Waals surface area contributed by atoms with Crippen LogP contribution in [0.25, 0.3) is 5.65 Å². The molecular formula is C14H17N3O2. The summed E-state index contributed by atoms with van der Waals surface area (Å²) in [5.41, 5.74) is 1.84. The van der Waals surface area contributed by atoms with Gasteiger partial charge < -0.3 is 9.51 Å². The van der Waals surface area contributed by atoms with Crippen molar-refractivity contribution in [3.63, 3.8) is 0 Å². The van der Waals surface area contributed by atoms with Gasteiger partial charge in [-0.3, -0.25) is 4.90 Å². The van der Waals surface area contributed by atoms with Crippen molar-refractivity contribution >= 4 is 11.6 Å². The fourth-order valence-electron chi connectivity index (χ4n) is 2.69. The lowest BCUT2D eigenvalue weighted by atomic mass is 10.1. The molecule has 0 bridgehead atoms. The molecule has 2 aromatic rings. The van der Waals surface area contributed by atoms with E-state index in [2.05, 4.69) is 9.88 Å². The van der Waals surface area contributed by atoms with Crippen LogP contribution in [0.15, 0.2) is 24.5 Å². The molecule has 100 valence electrons. The number of piperidine rings is 1. The van der Waals surface area contributed by atoms with Crippen molar-refractivity contribution in [2.45, 2.75) is 25.8 Å². The Morgan fingerprint density at radius 3 is 2.84 bits per heavy atom. The maximum Gasteiger partial charge on any atom is 0.339 e. The van der Waals surface area contributed by atoms with E-state index < -0.39 is 5.97 Å². The minimum atomic E-state index is -0.930. The molecule has 2 aromatic heterocycles. The summed E-state index contributed by atoms with van der Waals surface area (Å²) in [6.45, 7) is 3.07. The van der Waals surface area contributed by atoms with Crippen LogP contribution in [-0.4, -0.2) is 38.4 Å². The van der Waals surface area contributed by atoms with Gasteiger partial charge in [0.2, 0.25) is 0 Å². The SMILES string of the molecule is O=C(O)c1cccn2c(CN3CCCCC3)cnc12. The van der Waals surface area contributed by atoms with E-state index in [0.29, 0.717) is 5.65 Å². The number of imidazole rings is 1. The highest BCUT2D eigenvalue weighted by Crippen LogP contribution is 2.16. The van der Waals surface area contributed by atoms with Gasteiger partial charge in [-0.2, -0.15) is 0 Å². The fraction of sp³-hybridized carbons (Fsp3) is 0.429. The van der Waals surface area contributed by atoms with Gasteiger partial charge in [0.05, 0.1) is 11.9 Å². The average Bonchev–Trinajstić information content (AvgIpc) is 2.83. The first-order chi connectivity index (χ1) is 9.25. The minimum Gasteiger partial charge on any atom is -0.478 e. The van der Waals surface area contributed by atoms with Gasteiger partial charge in [0.25, 0.3) is 0 Å². The zero-order chi connectivity index (χ0) is 13.2. The van der Waals surface area contributed by atoms with Crippen molar-refractivity contribution in [3.8, 4) is 0 Å². The summed E-state index contributed by atoms with van der Waals surface area (Å²) in [6, 6.07) is 3.35. The lowest BCUT2D eigenvalue weighted by Gasteiger charge is -2.25. The highest BCUT2D eigenvalue weighted by Gasteiger charge is 2.15. The van der Waals surface area contributed by atoms with Crippen LogP contribution in [0.3, 0.4) is 0 Å². The number of carbonyl (C=O) groups is 1. The molecule has 0 atom stereocenters. The molecule has 0 saturated carbocycles. The Bertz CT molecular complexity index is 600. The van der Waals surface area contributed by atoms with E-state index >= 15 is 0 Å². The highest BCUT2D eigenvalue weighted by atomic mass is 16.4. The summed E-state index contributed by atoms with van der Waals surface area (Å²) >= 11 is 0. The number of rotatable bonds is 3. The zero-order valence-corrected chi connectivity index (χ0v) is 10.7. The van der Waals surface area contributed by atoms with Crippen molar-refractivity contribution in [2.75, 3.05) is 13.1 Å². The number of aromatic carboxylic acids is 1. The minimum absolute atomic E-state index is 0.257. The van der Waals surface area contributed by atoms with E-state index in [-0.39, 0.29) is 5.56 Å². The van der Waals surface area contributed by atoms with Crippen LogP contribution in [0.5, 0.6) is 0 Å². The molecule has 3 heterocycles. The quantitative estimate of drug-likeness (QED) is 0.916. The third kappa shape index (κ3) is 2.33. The van der Waals surface area contributed by atoms with E-state index in [1.807, 2.05) is 10.6 Å². The van der Waals surface area contributed by atoms with Gasteiger partial charge in [0.15, 0.2) is 5.65 Å². The van der Waals surface area contributed by atoms with E-state index in [1.54, 1.807) is 18.3 Å². The monoisotopic (exact) mass is 259 g/mol. The standard InChI is InChI=1S/C14H17N3O2/c18-14(19)12-5-4-8-17-11(9-15-13(12)17)10-16-6-2-1-3-7-16/h4-5,8-9H,1-3,6-7,10H2,(H,18,19). The number of likely N-dealkylation sites (tertiary alicyclic amines) is 1. The molecule has 0 spiro atoms. The van der Waals surface area contributed by atoms with Crippen molar-refractivity contribution in [1.29, 1.82) is 0 Å². The summed E-state index contributed by atoms with van der Waals surface area (Å²) < 4.78 is 1.89. The zero-order valence-electron chi connectivity index (χ0n) is 10.7. The van der Waals surface area contributed by atoms with Gasteiger partial charge >= 0.3 is 5.97 Å². The summed E-state index contributed by atoms with van der Waals surface area (Å²) in [4.78, 5) is 17.8. The molecule has 0 unspecified atom stereocenters. The Hall–Kier alpha value is -1.88. The fourth-order valence-corrected chi connectivity index (χ4v) is 2.69. The lowest BCUT2D eigenvalue weighted by molar-refractivity contribution is 0.0698. The first kappa shape index (κ1) is 12.2. The smallest absolute Gasteiger partial charge is 0.339 e. The molecular weight excluding hydrogens is 242 g/mol. The Balaban J connectivity index is 1.92.